The molecule has 0 aliphatic heterocycles. The summed E-state index contributed by atoms with van der Waals surface area (Å²) in [5, 5.41) is 7.86. The number of hydrogen-bond donors (Lipinski definition) is 0. The number of pyridine rings is 1. The molecular weight excluding hydrogens is 657 g/mol. The summed E-state index contributed by atoms with van der Waals surface area (Å²) in [6.45, 7) is 0. The number of benzene rings is 7. The van der Waals surface area contributed by atoms with Crippen molar-refractivity contribution < 1.29 is 0 Å². The largest absolute Gasteiger partial charge is 0.309 e. The lowest BCUT2D eigenvalue weighted by Crippen LogP contribution is -1.94. The first kappa shape index (κ1) is 28.7. The second kappa shape index (κ2) is 11.2. The van der Waals surface area contributed by atoms with Crippen LogP contribution in [0.1, 0.15) is 0 Å². The summed E-state index contributed by atoms with van der Waals surface area (Å²) in [6, 6.07) is 61.6. The van der Waals surface area contributed by atoms with Crippen LogP contribution in [0.4, 0.5) is 0 Å². The van der Waals surface area contributed by atoms with Crippen molar-refractivity contribution in [3.63, 3.8) is 0 Å². The number of nitrogens with zero attached hydrogens (tertiary/aromatic N) is 2. The smallest absolute Gasteiger partial charge is 0.0730 e. The van der Waals surface area contributed by atoms with Gasteiger partial charge in [0.25, 0.3) is 0 Å². The molecule has 0 amide bonds. The fourth-order valence-electron chi connectivity index (χ4n) is 7.86. The Morgan fingerprint density at radius 3 is 1.80 bits per heavy atom. The summed E-state index contributed by atoms with van der Waals surface area (Å²) in [7, 11) is 0. The van der Waals surface area contributed by atoms with E-state index in [4.69, 9.17) is 4.98 Å². The fraction of sp³-hybridized carbons (Fsp3) is 0. The van der Waals surface area contributed by atoms with Crippen molar-refractivity contribution in [1.82, 2.24) is 9.55 Å². The summed E-state index contributed by atoms with van der Waals surface area (Å²) < 4.78 is 7.68. The molecule has 0 spiro atoms. The second-order valence-electron chi connectivity index (χ2n) is 13.1. The molecule has 0 unspecified atom stereocenters. The number of fused-ring (bicyclic) bond motifs is 10. The highest BCUT2D eigenvalue weighted by Gasteiger charge is 2.18. The molecule has 4 aromatic heterocycles. The van der Waals surface area contributed by atoms with Crippen molar-refractivity contribution in [3.8, 4) is 39.3 Å². The molecule has 0 saturated carbocycles. The molecule has 11 rings (SSSR count). The van der Waals surface area contributed by atoms with Crippen LogP contribution in [0.2, 0.25) is 0 Å². The molecule has 0 fully saturated rings. The Bertz CT molecular complexity index is 3130. The molecule has 0 radical (unpaired) electrons. The molecule has 4 heterocycles. The Hall–Kier alpha value is -6.07. The molecule has 0 bridgehead atoms. The monoisotopic (exact) mass is 684 g/mol. The highest BCUT2D eigenvalue weighted by molar-refractivity contribution is 7.27. The van der Waals surface area contributed by atoms with Crippen molar-refractivity contribution >= 4 is 84.8 Å². The Labute approximate surface area is 302 Å². The Balaban J connectivity index is 1.08. The number of aromatic nitrogens is 2. The first-order valence-corrected chi connectivity index (χ1v) is 18.8. The van der Waals surface area contributed by atoms with Gasteiger partial charge in [0.2, 0.25) is 0 Å². The van der Waals surface area contributed by atoms with Crippen LogP contribution in [-0.4, -0.2) is 9.55 Å². The van der Waals surface area contributed by atoms with Crippen LogP contribution in [0.15, 0.2) is 170 Å². The Morgan fingerprint density at radius 1 is 0.392 bits per heavy atom. The lowest BCUT2D eigenvalue weighted by Gasteiger charge is -2.12. The van der Waals surface area contributed by atoms with Gasteiger partial charge in [0.05, 0.1) is 22.4 Å². The van der Waals surface area contributed by atoms with E-state index < -0.39 is 0 Å². The number of para-hydroxylation sites is 1. The summed E-state index contributed by atoms with van der Waals surface area (Å²) in [4.78, 5) is 5.29. The summed E-state index contributed by atoms with van der Waals surface area (Å²) >= 11 is 3.74. The van der Waals surface area contributed by atoms with Crippen LogP contribution in [-0.2, 0) is 0 Å². The van der Waals surface area contributed by atoms with Crippen molar-refractivity contribution in [2.24, 2.45) is 0 Å². The quantitative estimate of drug-likeness (QED) is 0.180. The first-order chi connectivity index (χ1) is 25.3. The lowest BCUT2D eigenvalue weighted by molar-refractivity contribution is 1.18. The maximum Gasteiger partial charge on any atom is 0.0730 e. The van der Waals surface area contributed by atoms with Gasteiger partial charge >= 0.3 is 0 Å². The lowest BCUT2D eigenvalue weighted by atomic mass is 9.99. The molecule has 0 aliphatic rings. The number of rotatable bonds is 4. The molecule has 2 nitrogen and oxygen atoms in total. The molecule has 238 valence electrons. The van der Waals surface area contributed by atoms with Crippen LogP contribution in [0.5, 0.6) is 0 Å². The zero-order chi connectivity index (χ0) is 33.5. The highest BCUT2D eigenvalue weighted by Crippen LogP contribution is 2.44. The van der Waals surface area contributed by atoms with E-state index in [0.717, 1.165) is 33.8 Å². The topological polar surface area (TPSA) is 17.8 Å². The second-order valence-corrected chi connectivity index (χ2v) is 15.2. The van der Waals surface area contributed by atoms with E-state index in [1.165, 1.54) is 67.7 Å². The van der Waals surface area contributed by atoms with Crippen molar-refractivity contribution in [2.75, 3.05) is 0 Å². The van der Waals surface area contributed by atoms with E-state index >= 15 is 0 Å². The maximum atomic E-state index is 5.29. The van der Waals surface area contributed by atoms with Gasteiger partial charge in [-0.3, -0.25) is 0 Å². The molecule has 11 aromatic rings. The SMILES string of the molecule is c1ccc(-c2cc(-c3ccc(-n4c5ccccc5c5c6sc7ccccc7c6ccc54)cc3)cc(-c3cccc4c3sc3ccccc34)n2)cc1. The molecular formula is C47H28N2S2. The van der Waals surface area contributed by atoms with Crippen LogP contribution >= 0.6 is 22.7 Å². The average Bonchev–Trinajstić information content (AvgIpc) is 3.88. The van der Waals surface area contributed by atoms with Gasteiger partial charge in [0.15, 0.2) is 0 Å². The minimum Gasteiger partial charge on any atom is -0.309 e. The molecule has 7 aromatic carbocycles. The number of thiophene rings is 2. The van der Waals surface area contributed by atoms with E-state index in [1.807, 2.05) is 22.7 Å². The molecule has 4 heteroatoms. The average molecular weight is 685 g/mol. The Morgan fingerprint density at radius 2 is 1.02 bits per heavy atom. The maximum absolute atomic E-state index is 5.29. The van der Waals surface area contributed by atoms with E-state index in [0.29, 0.717) is 0 Å². The normalized spacial score (nSPS) is 11.9. The zero-order valence-corrected chi connectivity index (χ0v) is 29.0. The van der Waals surface area contributed by atoms with Crippen LogP contribution in [0.3, 0.4) is 0 Å². The predicted molar refractivity (Wildman–Crippen MR) is 221 cm³/mol. The highest BCUT2D eigenvalue weighted by atomic mass is 32.1. The van der Waals surface area contributed by atoms with E-state index in [-0.39, 0.29) is 0 Å². The molecule has 51 heavy (non-hydrogen) atoms. The summed E-state index contributed by atoms with van der Waals surface area (Å²) in [5.74, 6) is 0. The predicted octanol–water partition coefficient (Wildman–Crippen LogP) is 13.9. The van der Waals surface area contributed by atoms with Crippen LogP contribution in [0, 0.1) is 0 Å². The van der Waals surface area contributed by atoms with E-state index in [9.17, 15) is 0 Å². The molecule has 0 N–H and O–H groups in total. The van der Waals surface area contributed by atoms with Gasteiger partial charge in [0.1, 0.15) is 0 Å². The summed E-state index contributed by atoms with van der Waals surface area (Å²) in [6.07, 6.45) is 0. The van der Waals surface area contributed by atoms with Gasteiger partial charge < -0.3 is 4.57 Å². The fourth-order valence-corrected chi connectivity index (χ4v) is 10.3. The van der Waals surface area contributed by atoms with Crippen molar-refractivity contribution in [2.45, 2.75) is 0 Å². The first-order valence-electron chi connectivity index (χ1n) is 17.2. The number of hydrogen-bond acceptors (Lipinski definition) is 3. The van der Waals surface area contributed by atoms with Crippen molar-refractivity contribution in [3.05, 3.63) is 170 Å². The molecule has 0 atom stereocenters. The third kappa shape index (κ3) is 4.44. The zero-order valence-electron chi connectivity index (χ0n) is 27.4. The van der Waals surface area contributed by atoms with Gasteiger partial charge in [-0.25, -0.2) is 4.98 Å². The molecule has 0 aliphatic carbocycles. The van der Waals surface area contributed by atoms with Crippen molar-refractivity contribution in [1.29, 1.82) is 0 Å². The third-order valence-corrected chi connectivity index (χ3v) is 12.6. The van der Waals surface area contributed by atoms with Gasteiger partial charge in [-0.05, 0) is 59.7 Å². The minimum atomic E-state index is 0.972. The van der Waals surface area contributed by atoms with Gasteiger partial charge in [-0.2, -0.15) is 0 Å². The van der Waals surface area contributed by atoms with Gasteiger partial charge in [-0.15, -0.1) is 22.7 Å². The third-order valence-electron chi connectivity index (χ3n) is 10.2. The molecule has 0 saturated heterocycles. The van der Waals surface area contributed by atoms with E-state index in [1.54, 1.807) is 0 Å². The van der Waals surface area contributed by atoms with Crippen LogP contribution in [0.25, 0.3) is 101 Å². The minimum absolute atomic E-state index is 0.972. The van der Waals surface area contributed by atoms with Gasteiger partial charge in [-0.1, -0.05) is 121 Å². The summed E-state index contributed by atoms with van der Waals surface area (Å²) in [5.41, 5.74) is 10.2. The van der Waals surface area contributed by atoms with Crippen LogP contribution < -0.4 is 0 Å². The van der Waals surface area contributed by atoms with Gasteiger partial charge in [0, 0.05) is 67.9 Å². The standard InChI is InChI=1S/C47H28N2S2/c1-2-11-30(12-3-1)39-27-31(28-40(48-39)37-17-10-16-35-33-13-5-8-19-43(33)50-46(35)37)29-21-23-32(24-22-29)49-41-18-7-4-15-38(41)45-42(49)26-25-36-34-14-6-9-20-44(34)51-47(36)45/h1-28H. The Kier molecular flexibility index (Phi) is 6.32. The van der Waals surface area contributed by atoms with E-state index in [2.05, 4.69) is 174 Å².